The van der Waals surface area contributed by atoms with Crippen molar-refractivity contribution in [3.8, 4) is 5.75 Å². The molecule has 0 bridgehead atoms. The second-order valence-electron chi connectivity index (χ2n) is 8.79. The maximum Gasteiger partial charge on any atom is 0.255 e. The van der Waals surface area contributed by atoms with Gasteiger partial charge in [-0.1, -0.05) is 30.3 Å². The molecule has 2 aromatic carbocycles. The molecule has 5 heteroatoms. The summed E-state index contributed by atoms with van der Waals surface area (Å²) in [5, 5.41) is 7.48. The van der Waals surface area contributed by atoms with Crippen LogP contribution in [-0.2, 0) is 6.61 Å². The van der Waals surface area contributed by atoms with E-state index in [1.807, 2.05) is 55.5 Å². The summed E-state index contributed by atoms with van der Waals surface area (Å²) in [6.45, 7) is 4.54. The minimum atomic E-state index is -0.0414. The van der Waals surface area contributed by atoms with E-state index in [9.17, 15) is 4.79 Å². The first-order chi connectivity index (χ1) is 14.6. The highest BCUT2D eigenvalue weighted by molar-refractivity contribution is 6.07. The van der Waals surface area contributed by atoms with Gasteiger partial charge in [0.1, 0.15) is 23.7 Å². The van der Waals surface area contributed by atoms with Gasteiger partial charge in [-0.15, -0.1) is 0 Å². The second-order valence-corrected chi connectivity index (χ2v) is 8.79. The van der Waals surface area contributed by atoms with Gasteiger partial charge < -0.3 is 19.8 Å². The molecule has 5 rings (SSSR count). The molecular formula is C25H28N2O3. The Kier molecular flexibility index (Phi) is 4.99. The Balaban J connectivity index is 1.29. The molecule has 1 amide bonds. The van der Waals surface area contributed by atoms with Gasteiger partial charge in [0.05, 0.1) is 5.56 Å². The van der Waals surface area contributed by atoms with E-state index in [-0.39, 0.29) is 11.9 Å². The van der Waals surface area contributed by atoms with Crippen LogP contribution in [0.5, 0.6) is 5.75 Å². The van der Waals surface area contributed by atoms with Crippen LogP contribution in [0, 0.1) is 12.3 Å². The summed E-state index contributed by atoms with van der Waals surface area (Å²) < 4.78 is 11.8. The van der Waals surface area contributed by atoms with Crippen LogP contribution >= 0.6 is 0 Å². The van der Waals surface area contributed by atoms with Gasteiger partial charge >= 0.3 is 0 Å². The SMILES string of the molecule is Cc1oc2ccc(OCc3ccccc3)cc2c1C(=O)NC1CC2(CCNCC2)C1. The number of carbonyl (C=O) groups is 1. The van der Waals surface area contributed by atoms with Gasteiger partial charge in [-0.25, -0.2) is 0 Å². The molecule has 1 spiro atoms. The Hall–Kier alpha value is -2.79. The van der Waals surface area contributed by atoms with Crippen LogP contribution in [0.25, 0.3) is 11.0 Å². The molecule has 0 atom stereocenters. The maximum absolute atomic E-state index is 13.1. The van der Waals surface area contributed by atoms with Gasteiger partial charge in [0.15, 0.2) is 0 Å². The third kappa shape index (κ3) is 3.70. The molecule has 2 aliphatic rings. The number of fused-ring (bicyclic) bond motifs is 1. The Morgan fingerprint density at radius 3 is 2.70 bits per heavy atom. The van der Waals surface area contributed by atoms with E-state index in [2.05, 4.69) is 10.6 Å². The first kappa shape index (κ1) is 19.2. The molecule has 2 N–H and O–H groups in total. The highest BCUT2D eigenvalue weighted by Crippen LogP contribution is 2.48. The minimum Gasteiger partial charge on any atom is -0.489 e. The number of hydrogen-bond acceptors (Lipinski definition) is 4. The van der Waals surface area contributed by atoms with E-state index >= 15 is 0 Å². The second kappa shape index (κ2) is 7.80. The van der Waals surface area contributed by atoms with Crippen molar-refractivity contribution in [2.45, 2.75) is 45.3 Å². The Morgan fingerprint density at radius 2 is 1.93 bits per heavy atom. The highest BCUT2D eigenvalue weighted by Gasteiger charge is 2.45. The van der Waals surface area contributed by atoms with E-state index in [1.165, 1.54) is 12.8 Å². The molecule has 30 heavy (non-hydrogen) atoms. The molecule has 0 unspecified atom stereocenters. The fourth-order valence-corrected chi connectivity index (χ4v) is 5.02. The maximum atomic E-state index is 13.1. The first-order valence-electron chi connectivity index (χ1n) is 10.8. The van der Waals surface area contributed by atoms with Gasteiger partial charge in [0.25, 0.3) is 5.91 Å². The van der Waals surface area contributed by atoms with Crippen LogP contribution < -0.4 is 15.4 Å². The lowest BCUT2D eigenvalue weighted by Crippen LogP contribution is -2.54. The summed E-state index contributed by atoms with van der Waals surface area (Å²) in [5.74, 6) is 1.34. The van der Waals surface area contributed by atoms with Crippen molar-refractivity contribution in [2.24, 2.45) is 5.41 Å². The normalized spacial score (nSPS) is 18.3. The molecule has 3 aromatic rings. The smallest absolute Gasteiger partial charge is 0.255 e. The fraction of sp³-hybridized carbons (Fsp3) is 0.400. The Morgan fingerprint density at radius 1 is 1.17 bits per heavy atom. The lowest BCUT2D eigenvalue weighted by molar-refractivity contribution is 0.0423. The number of furan rings is 1. The third-order valence-electron chi connectivity index (χ3n) is 6.67. The van der Waals surface area contributed by atoms with Crippen LogP contribution in [0.2, 0.25) is 0 Å². The molecule has 1 saturated carbocycles. The van der Waals surface area contributed by atoms with Crippen LogP contribution in [0.3, 0.4) is 0 Å². The van der Waals surface area contributed by atoms with Crippen molar-refractivity contribution < 1.29 is 13.9 Å². The average molecular weight is 405 g/mol. The summed E-state index contributed by atoms with van der Waals surface area (Å²) in [6, 6.07) is 16.0. The van der Waals surface area contributed by atoms with Crippen LogP contribution in [0.4, 0.5) is 0 Å². The predicted molar refractivity (Wildman–Crippen MR) is 117 cm³/mol. The zero-order chi connectivity index (χ0) is 20.6. The van der Waals surface area contributed by atoms with Crippen molar-refractivity contribution in [2.75, 3.05) is 13.1 Å². The Labute approximate surface area is 176 Å². The van der Waals surface area contributed by atoms with Gasteiger partial charge in [0, 0.05) is 11.4 Å². The standard InChI is InChI=1S/C25H28N2O3/c1-17-23(24(28)27-19-14-25(15-19)9-11-26-12-10-25)21-13-20(7-8-22(21)30-17)29-16-18-5-3-2-4-6-18/h2-8,13,19,26H,9-12,14-16H2,1H3,(H,27,28). The summed E-state index contributed by atoms with van der Waals surface area (Å²) in [5.41, 5.74) is 2.89. The molecule has 2 fully saturated rings. The molecule has 1 aliphatic heterocycles. The van der Waals surface area contributed by atoms with Gasteiger partial charge in [0.2, 0.25) is 0 Å². The van der Waals surface area contributed by atoms with Crippen molar-refractivity contribution in [3.05, 3.63) is 65.4 Å². The Bertz CT molecular complexity index is 1040. The lowest BCUT2D eigenvalue weighted by Gasteiger charge is -2.50. The van der Waals surface area contributed by atoms with E-state index in [0.29, 0.717) is 28.9 Å². The predicted octanol–water partition coefficient (Wildman–Crippen LogP) is 4.58. The van der Waals surface area contributed by atoms with Gasteiger partial charge in [-0.05, 0) is 74.9 Å². The molecule has 5 nitrogen and oxygen atoms in total. The van der Waals surface area contributed by atoms with Crippen LogP contribution in [0.1, 0.15) is 47.4 Å². The number of amides is 1. The monoisotopic (exact) mass is 404 g/mol. The largest absolute Gasteiger partial charge is 0.489 e. The highest BCUT2D eigenvalue weighted by atomic mass is 16.5. The number of ether oxygens (including phenoxy) is 1. The molecule has 0 radical (unpaired) electrons. The van der Waals surface area contributed by atoms with Crippen molar-refractivity contribution in [1.29, 1.82) is 0 Å². The molecule has 156 valence electrons. The summed E-state index contributed by atoms with van der Waals surface area (Å²) in [4.78, 5) is 13.1. The quantitative estimate of drug-likeness (QED) is 0.653. The average Bonchev–Trinajstić information content (AvgIpc) is 3.07. The van der Waals surface area contributed by atoms with E-state index in [0.717, 1.165) is 42.6 Å². The van der Waals surface area contributed by atoms with Crippen molar-refractivity contribution >= 4 is 16.9 Å². The number of benzene rings is 2. The number of rotatable bonds is 5. The topological polar surface area (TPSA) is 63.5 Å². The van der Waals surface area contributed by atoms with Crippen molar-refractivity contribution in [1.82, 2.24) is 10.6 Å². The van der Waals surface area contributed by atoms with Crippen LogP contribution in [0.15, 0.2) is 52.9 Å². The summed E-state index contributed by atoms with van der Waals surface area (Å²) >= 11 is 0. The number of nitrogens with one attached hydrogen (secondary N) is 2. The van der Waals surface area contributed by atoms with Crippen LogP contribution in [-0.4, -0.2) is 25.0 Å². The molecule has 1 aromatic heterocycles. The van der Waals surface area contributed by atoms with E-state index in [4.69, 9.17) is 9.15 Å². The van der Waals surface area contributed by atoms with Gasteiger partial charge in [-0.3, -0.25) is 4.79 Å². The fourth-order valence-electron chi connectivity index (χ4n) is 5.02. The summed E-state index contributed by atoms with van der Waals surface area (Å²) in [7, 11) is 0. The van der Waals surface area contributed by atoms with E-state index in [1.54, 1.807) is 0 Å². The number of aryl methyl sites for hydroxylation is 1. The first-order valence-corrected chi connectivity index (χ1v) is 10.8. The molecule has 1 saturated heterocycles. The van der Waals surface area contributed by atoms with E-state index < -0.39 is 0 Å². The van der Waals surface area contributed by atoms with Gasteiger partial charge in [-0.2, -0.15) is 0 Å². The molecule has 2 heterocycles. The lowest BCUT2D eigenvalue weighted by atomic mass is 9.60. The zero-order valence-electron chi connectivity index (χ0n) is 17.4. The zero-order valence-corrected chi connectivity index (χ0v) is 17.4. The number of piperidine rings is 1. The minimum absolute atomic E-state index is 0.0414. The number of hydrogen-bond donors (Lipinski definition) is 2. The molecule has 1 aliphatic carbocycles. The third-order valence-corrected chi connectivity index (χ3v) is 6.67. The molecular weight excluding hydrogens is 376 g/mol. The number of carbonyl (C=O) groups excluding carboxylic acids is 1. The summed E-state index contributed by atoms with van der Waals surface area (Å²) in [6.07, 6.45) is 4.60. The van der Waals surface area contributed by atoms with Crippen molar-refractivity contribution in [3.63, 3.8) is 0 Å².